The van der Waals surface area contributed by atoms with Crippen LogP contribution in [-0.4, -0.2) is 37.7 Å². The van der Waals surface area contributed by atoms with Crippen LogP contribution in [0.1, 0.15) is 31.9 Å². The Kier molecular flexibility index (Phi) is 8.83. The van der Waals surface area contributed by atoms with Crippen LogP contribution in [0.25, 0.3) is 6.08 Å². The van der Waals surface area contributed by atoms with Gasteiger partial charge in [0.15, 0.2) is 11.5 Å². The van der Waals surface area contributed by atoms with Crippen molar-refractivity contribution in [1.29, 1.82) is 0 Å². The van der Waals surface area contributed by atoms with Gasteiger partial charge >= 0.3 is 6.03 Å². The number of amides is 4. The maximum absolute atomic E-state index is 13.5. The van der Waals surface area contributed by atoms with Crippen molar-refractivity contribution in [1.82, 2.24) is 5.32 Å². The molecule has 1 aliphatic rings. The fraction of sp³-hybridized carbons (Fsp3) is 0.233. The first kappa shape index (κ1) is 27.3. The molecule has 0 aliphatic carbocycles. The first-order valence-electron chi connectivity index (χ1n) is 12.7. The van der Waals surface area contributed by atoms with Gasteiger partial charge < -0.3 is 18.9 Å². The van der Waals surface area contributed by atoms with Crippen LogP contribution in [0, 0.1) is 0 Å². The normalized spacial score (nSPS) is 14.3. The molecule has 1 saturated heterocycles. The molecule has 0 bridgehead atoms. The molecule has 1 fully saturated rings. The number of ether oxygens (including phenoxy) is 4. The molecule has 1 heterocycles. The fourth-order valence-electron chi connectivity index (χ4n) is 3.99. The smallest absolute Gasteiger partial charge is 0.336 e. The Morgan fingerprint density at radius 2 is 1.44 bits per heavy atom. The van der Waals surface area contributed by atoms with Crippen molar-refractivity contribution in [3.8, 4) is 23.0 Å². The summed E-state index contributed by atoms with van der Waals surface area (Å²) in [7, 11) is 0. The molecule has 0 spiro atoms. The second-order valence-electron chi connectivity index (χ2n) is 8.37. The summed E-state index contributed by atoms with van der Waals surface area (Å²) in [6.07, 6.45) is 1.41. The van der Waals surface area contributed by atoms with E-state index < -0.39 is 17.8 Å². The van der Waals surface area contributed by atoms with E-state index in [0.717, 1.165) is 10.5 Å². The molecule has 9 heteroatoms. The number of urea groups is 1. The Balaban J connectivity index is 1.66. The molecule has 1 N–H and O–H groups in total. The standard InChI is InChI=1S/C30H30N2O7/c1-4-36-22-13-15-25(37-5-2)24(18-22)32-29(34)23(28(33)31-30(32)35)16-21-12-14-26(27(17-21)38-6-3)39-19-20-10-8-7-9-11-20/h7-18H,4-6,19H2,1-3H3,(H,31,33,35)/b23-16+. The van der Waals surface area contributed by atoms with Gasteiger partial charge in [-0.15, -0.1) is 0 Å². The Hall–Kier alpha value is -4.79. The number of rotatable bonds is 11. The lowest BCUT2D eigenvalue weighted by molar-refractivity contribution is -0.122. The molecular weight excluding hydrogens is 500 g/mol. The summed E-state index contributed by atoms with van der Waals surface area (Å²) in [5.74, 6) is 0.141. The third-order valence-corrected chi connectivity index (χ3v) is 5.70. The second-order valence-corrected chi connectivity index (χ2v) is 8.37. The lowest BCUT2D eigenvalue weighted by Gasteiger charge is -2.28. The Morgan fingerprint density at radius 3 is 2.15 bits per heavy atom. The highest BCUT2D eigenvalue weighted by atomic mass is 16.5. The summed E-state index contributed by atoms with van der Waals surface area (Å²) < 4.78 is 22.9. The van der Waals surface area contributed by atoms with E-state index in [1.807, 2.05) is 44.2 Å². The Bertz CT molecular complexity index is 1390. The maximum Gasteiger partial charge on any atom is 0.336 e. The van der Waals surface area contributed by atoms with Gasteiger partial charge in [0, 0.05) is 6.07 Å². The summed E-state index contributed by atoms with van der Waals surface area (Å²) in [6, 6.07) is 18.8. The molecule has 1 aliphatic heterocycles. The van der Waals surface area contributed by atoms with E-state index in [1.165, 1.54) is 12.1 Å². The zero-order valence-corrected chi connectivity index (χ0v) is 22.1. The molecule has 202 valence electrons. The highest BCUT2D eigenvalue weighted by Gasteiger charge is 2.38. The van der Waals surface area contributed by atoms with Crippen molar-refractivity contribution in [3.63, 3.8) is 0 Å². The first-order chi connectivity index (χ1) is 18.9. The molecule has 4 amide bonds. The SMILES string of the molecule is CCOc1ccc(OCC)c(N2C(=O)NC(=O)/C(=C\c3ccc(OCc4ccccc4)c(OCC)c3)C2=O)c1. The third kappa shape index (κ3) is 6.38. The first-order valence-corrected chi connectivity index (χ1v) is 12.7. The number of nitrogens with zero attached hydrogens (tertiary/aromatic N) is 1. The monoisotopic (exact) mass is 530 g/mol. The zero-order chi connectivity index (χ0) is 27.8. The molecule has 0 radical (unpaired) electrons. The predicted molar refractivity (Wildman–Crippen MR) is 146 cm³/mol. The van der Waals surface area contributed by atoms with Crippen molar-refractivity contribution in [2.24, 2.45) is 0 Å². The van der Waals surface area contributed by atoms with Crippen LogP contribution in [0.4, 0.5) is 10.5 Å². The molecular formula is C30H30N2O7. The molecule has 0 saturated carbocycles. The van der Waals surface area contributed by atoms with Crippen LogP contribution in [0.5, 0.6) is 23.0 Å². The van der Waals surface area contributed by atoms with Crippen LogP contribution in [0.3, 0.4) is 0 Å². The van der Waals surface area contributed by atoms with E-state index in [2.05, 4.69) is 5.32 Å². The third-order valence-electron chi connectivity index (χ3n) is 5.70. The van der Waals surface area contributed by atoms with Crippen LogP contribution in [0.2, 0.25) is 0 Å². The minimum atomic E-state index is -0.878. The number of hydrogen-bond acceptors (Lipinski definition) is 7. The minimum Gasteiger partial charge on any atom is -0.494 e. The number of barbiturate groups is 1. The highest BCUT2D eigenvalue weighted by molar-refractivity contribution is 6.39. The molecule has 39 heavy (non-hydrogen) atoms. The summed E-state index contributed by atoms with van der Waals surface area (Å²) in [5, 5.41) is 2.25. The number of nitrogens with one attached hydrogen (secondary N) is 1. The fourth-order valence-corrected chi connectivity index (χ4v) is 3.99. The highest BCUT2D eigenvalue weighted by Crippen LogP contribution is 2.35. The average molecular weight is 531 g/mol. The van der Waals surface area contributed by atoms with Gasteiger partial charge in [-0.3, -0.25) is 14.9 Å². The summed E-state index contributed by atoms with van der Waals surface area (Å²) in [5.41, 5.74) is 1.47. The van der Waals surface area contributed by atoms with Crippen LogP contribution >= 0.6 is 0 Å². The van der Waals surface area contributed by atoms with Gasteiger partial charge in [-0.05, 0) is 62.2 Å². The number of carbonyl (C=O) groups excluding carboxylic acids is 3. The van der Waals surface area contributed by atoms with Crippen LogP contribution < -0.4 is 29.2 Å². The number of benzene rings is 3. The van der Waals surface area contributed by atoms with Gasteiger partial charge in [0.2, 0.25) is 0 Å². The van der Waals surface area contributed by atoms with E-state index in [1.54, 1.807) is 37.3 Å². The van der Waals surface area contributed by atoms with Crippen molar-refractivity contribution >= 4 is 29.6 Å². The molecule has 0 atom stereocenters. The minimum absolute atomic E-state index is 0.170. The molecule has 3 aromatic carbocycles. The lowest BCUT2D eigenvalue weighted by atomic mass is 10.1. The van der Waals surface area contributed by atoms with Gasteiger partial charge in [0.1, 0.15) is 23.7 Å². The lowest BCUT2D eigenvalue weighted by Crippen LogP contribution is -2.54. The Morgan fingerprint density at radius 1 is 0.744 bits per heavy atom. The molecule has 4 rings (SSSR count). The number of hydrogen-bond donors (Lipinski definition) is 1. The molecule has 3 aromatic rings. The second kappa shape index (κ2) is 12.6. The van der Waals surface area contributed by atoms with E-state index in [9.17, 15) is 14.4 Å². The van der Waals surface area contributed by atoms with E-state index >= 15 is 0 Å². The molecule has 9 nitrogen and oxygen atoms in total. The summed E-state index contributed by atoms with van der Waals surface area (Å²) in [6.45, 7) is 6.90. The number of imide groups is 2. The number of carbonyl (C=O) groups is 3. The zero-order valence-electron chi connectivity index (χ0n) is 22.1. The van der Waals surface area contributed by atoms with Crippen LogP contribution in [-0.2, 0) is 16.2 Å². The van der Waals surface area contributed by atoms with E-state index in [4.69, 9.17) is 18.9 Å². The van der Waals surface area contributed by atoms with E-state index in [0.29, 0.717) is 55.0 Å². The summed E-state index contributed by atoms with van der Waals surface area (Å²) >= 11 is 0. The summed E-state index contributed by atoms with van der Waals surface area (Å²) in [4.78, 5) is 40.0. The molecule has 0 unspecified atom stereocenters. The predicted octanol–water partition coefficient (Wildman–Crippen LogP) is 5.13. The van der Waals surface area contributed by atoms with Gasteiger partial charge in [0.25, 0.3) is 11.8 Å². The van der Waals surface area contributed by atoms with Crippen molar-refractivity contribution in [2.45, 2.75) is 27.4 Å². The Labute approximate surface area is 226 Å². The number of anilines is 1. The van der Waals surface area contributed by atoms with Crippen molar-refractivity contribution in [2.75, 3.05) is 24.7 Å². The van der Waals surface area contributed by atoms with Crippen LogP contribution in [0.15, 0.2) is 72.3 Å². The van der Waals surface area contributed by atoms with Crippen molar-refractivity contribution in [3.05, 3.63) is 83.4 Å². The van der Waals surface area contributed by atoms with Gasteiger partial charge in [0.05, 0.1) is 25.5 Å². The van der Waals surface area contributed by atoms with Gasteiger partial charge in [-0.25, -0.2) is 9.69 Å². The topological polar surface area (TPSA) is 103 Å². The maximum atomic E-state index is 13.5. The average Bonchev–Trinajstić information content (AvgIpc) is 2.93. The largest absolute Gasteiger partial charge is 0.494 e. The quantitative estimate of drug-likeness (QED) is 0.271. The van der Waals surface area contributed by atoms with Crippen molar-refractivity contribution < 1.29 is 33.3 Å². The van der Waals surface area contributed by atoms with Gasteiger partial charge in [-0.2, -0.15) is 0 Å². The van der Waals surface area contributed by atoms with E-state index in [-0.39, 0.29) is 11.3 Å². The van der Waals surface area contributed by atoms with Gasteiger partial charge in [-0.1, -0.05) is 36.4 Å². The molecule has 0 aromatic heterocycles.